The van der Waals surface area contributed by atoms with E-state index in [9.17, 15) is 13.2 Å². The Morgan fingerprint density at radius 3 is 2.65 bits per heavy atom. The van der Waals surface area contributed by atoms with Crippen LogP contribution in [-0.4, -0.2) is 44.0 Å². The number of furan rings is 1. The summed E-state index contributed by atoms with van der Waals surface area (Å²) < 4.78 is 29.6. The van der Waals surface area contributed by atoms with Crippen molar-refractivity contribution in [2.24, 2.45) is 11.8 Å². The predicted molar refractivity (Wildman–Crippen MR) is 74.7 cm³/mol. The van der Waals surface area contributed by atoms with E-state index < -0.39 is 10.0 Å². The maximum Gasteiger partial charge on any atom is 0.254 e. The van der Waals surface area contributed by atoms with Gasteiger partial charge in [0.2, 0.25) is 10.0 Å². The Labute approximate surface area is 119 Å². The lowest BCUT2D eigenvalue weighted by molar-refractivity contribution is 0.0925. The molecule has 0 aliphatic carbocycles. The van der Waals surface area contributed by atoms with E-state index in [4.69, 9.17) is 4.42 Å². The Kier molecular flexibility index (Phi) is 4.19. The molecule has 20 heavy (non-hydrogen) atoms. The average Bonchev–Trinajstić information content (AvgIpc) is 2.96. The minimum atomic E-state index is -3.23. The smallest absolute Gasteiger partial charge is 0.254 e. The molecule has 7 heteroatoms. The standard InChI is InChI=1S/C13H20N2O4S/c1-9(2)11-6-15(20(3,17)18)7-12(11)14-13(16)10-4-5-19-8-10/h4-5,8-9,11-12H,6-7H2,1-3H3,(H,14,16)/t11-,12+/m1/s1. The topological polar surface area (TPSA) is 79.6 Å². The molecule has 1 saturated heterocycles. The third-order valence-electron chi connectivity index (χ3n) is 3.76. The second-order valence-electron chi connectivity index (χ2n) is 5.58. The molecule has 112 valence electrons. The van der Waals surface area contributed by atoms with Crippen LogP contribution < -0.4 is 5.32 Å². The SMILES string of the molecule is CC(C)[C@H]1CN(S(C)(=O)=O)C[C@@H]1NC(=O)c1ccoc1. The van der Waals surface area contributed by atoms with Crippen molar-refractivity contribution in [3.8, 4) is 0 Å². The first kappa shape index (κ1) is 15.1. The fourth-order valence-electron chi connectivity index (χ4n) is 2.54. The number of nitrogens with zero attached hydrogens (tertiary/aromatic N) is 1. The molecule has 0 spiro atoms. The first-order chi connectivity index (χ1) is 9.29. The summed E-state index contributed by atoms with van der Waals surface area (Å²) in [6.45, 7) is 4.85. The van der Waals surface area contributed by atoms with Crippen LogP contribution in [0.1, 0.15) is 24.2 Å². The lowest BCUT2D eigenvalue weighted by atomic mass is 9.91. The summed E-state index contributed by atoms with van der Waals surface area (Å²) in [5, 5.41) is 2.91. The van der Waals surface area contributed by atoms with E-state index in [1.807, 2.05) is 13.8 Å². The Morgan fingerprint density at radius 2 is 2.15 bits per heavy atom. The van der Waals surface area contributed by atoms with Crippen molar-refractivity contribution >= 4 is 15.9 Å². The molecule has 2 atom stereocenters. The molecule has 1 N–H and O–H groups in total. The van der Waals surface area contributed by atoms with E-state index in [-0.39, 0.29) is 23.8 Å². The largest absolute Gasteiger partial charge is 0.472 e. The molecule has 1 fully saturated rings. The highest BCUT2D eigenvalue weighted by molar-refractivity contribution is 7.88. The average molecular weight is 300 g/mol. The van der Waals surface area contributed by atoms with Crippen LogP contribution in [0.5, 0.6) is 0 Å². The molecule has 2 rings (SSSR count). The van der Waals surface area contributed by atoms with Crippen LogP contribution in [0.4, 0.5) is 0 Å². The molecule has 1 aliphatic rings. The van der Waals surface area contributed by atoms with Gasteiger partial charge in [-0.2, -0.15) is 4.31 Å². The van der Waals surface area contributed by atoms with Gasteiger partial charge in [0, 0.05) is 19.1 Å². The van der Waals surface area contributed by atoms with Crippen LogP contribution >= 0.6 is 0 Å². The Hall–Kier alpha value is -1.34. The molecule has 1 aromatic heterocycles. The van der Waals surface area contributed by atoms with Crippen LogP contribution in [0.15, 0.2) is 23.0 Å². The number of nitrogens with one attached hydrogen (secondary N) is 1. The third-order valence-corrected chi connectivity index (χ3v) is 4.99. The highest BCUT2D eigenvalue weighted by Crippen LogP contribution is 2.26. The van der Waals surface area contributed by atoms with Crippen LogP contribution in [0.25, 0.3) is 0 Å². The minimum Gasteiger partial charge on any atom is -0.472 e. The highest BCUT2D eigenvalue weighted by atomic mass is 32.2. The lowest BCUT2D eigenvalue weighted by Gasteiger charge is -2.22. The molecule has 6 nitrogen and oxygen atoms in total. The van der Waals surface area contributed by atoms with Gasteiger partial charge in [-0.3, -0.25) is 4.79 Å². The first-order valence-electron chi connectivity index (χ1n) is 6.57. The fourth-order valence-corrected chi connectivity index (χ4v) is 3.41. The van der Waals surface area contributed by atoms with Gasteiger partial charge in [-0.05, 0) is 17.9 Å². The molecule has 0 radical (unpaired) electrons. The third kappa shape index (κ3) is 3.21. The molecule has 1 aromatic rings. The van der Waals surface area contributed by atoms with Gasteiger partial charge in [-0.25, -0.2) is 8.42 Å². The molecular weight excluding hydrogens is 280 g/mol. The number of carbonyl (C=O) groups excluding carboxylic acids is 1. The van der Waals surface area contributed by atoms with Crippen LogP contribution in [0.3, 0.4) is 0 Å². The second-order valence-corrected chi connectivity index (χ2v) is 7.56. The van der Waals surface area contributed by atoms with E-state index in [2.05, 4.69) is 5.32 Å². The van der Waals surface area contributed by atoms with Gasteiger partial charge in [0.1, 0.15) is 6.26 Å². The summed E-state index contributed by atoms with van der Waals surface area (Å²) in [6, 6.07) is 1.41. The van der Waals surface area contributed by atoms with E-state index in [1.54, 1.807) is 6.07 Å². The molecule has 1 aliphatic heterocycles. The quantitative estimate of drug-likeness (QED) is 0.897. The van der Waals surface area contributed by atoms with Crippen molar-refractivity contribution in [1.29, 1.82) is 0 Å². The highest BCUT2D eigenvalue weighted by Gasteiger charge is 2.39. The van der Waals surface area contributed by atoms with Crippen LogP contribution in [-0.2, 0) is 10.0 Å². The van der Waals surface area contributed by atoms with Gasteiger partial charge >= 0.3 is 0 Å². The first-order valence-corrected chi connectivity index (χ1v) is 8.42. The molecule has 0 aromatic carbocycles. The van der Waals surface area contributed by atoms with Crippen molar-refractivity contribution in [1.82, 2.24) is 9.62 Å². The number of amides is 1. The predicted octanol–water partition coefficient (Wildman–Crippen LogP) is 0.925. The van der Waals surface area contributed by atoms with Gasteiger partial charge in [0.15, 0.2) is 0 Å². The molecule has 0 bridgehead atoms. The van der Waals surface area contributed by atoms with Gasteiger partial charge in [-0.1, -0.05) is 13.8 Å². The van der Waals surface area contributed by atoms with Crippen LogP contribution in [0.2, 0.25) is 0 Å². The van der Waals surface area contributed by atoms with Crippen LogP contribution in [0, 0.1) is 11.8 Å². The van der Waals surface area contributed by atoms with E-state index in [1.165, 1.54) is 23.1 Å². The van der Waals surface area contributed by atoms with E-state index in [0.717, 1.165) is 0 Å². The van der Waals surface area contributed by atoms with Gasteiger partial charge in [-0.15, -0.1) is 0 Å². The summed E-state index contributed by atoms with van der Waals surface area (Å²) in [4.78, 5) is 12.0. The number of hydrogen-bond donors (Lipinski definition) is 1. The number of sulfonamides is 1. The van der Waals surface area contributed by atoms with E-state index >= 15 is 0 Å². The zero-order chi connectivity index (χ0) is 14.9. The molecule has 0 saturated carbocycles. The maximum atomic E-state index is 12.0. The Balaban J connectivity index is 2.11. The molecule has 1 amide bonds. The van der Waals surface area contributed by atoms with Crippen molar-refractivity contribution in [3.05, 3.63) is 24.2 Å². The maximum absolute atomic E-state index is 12.0. The van der Waals surface area contributed by atoms with Crippen molar-refractivity contribution in [2.45, 2.75) is 19.9 Å². The number of rotatable bonds is 4. The Bertz CT molecular complexity index is 565. The summed E-state index contributed by atoms with van der Waals surface area (Å²) in [5.74, 6) is 0.168. The summed E-state index contributed by atoms with van der Waals surface area (Å²) >= 11 is 0. The number of carbonyl (C=O) groups is 1. The summed E-state index contributed by atoms with van der Waals surface area (Å²) in [5.41, 5.74) is 0.449. The summed E-state index contributed by atoms with van der Waals surface area (Å²) in [7, 11) is -3.23. The zero-order valence-electron chi connectivity index (χ0n) is 11.9. The van der Waals surface area contributed by atoms with Crippen molar-refractivity contribution < 1.29 is 17.6 Å². The fraction of sp³-hybridized carbons (Fsp3) is 0.615. The van der Waals surface area contributed by atoms with Gasteiger partial charge in [0.25, 0.3) is 5.91 Å². The zero-order valence-corrected chi connectivity index (χ0v) is 12.7. The monoisotopic (exact) mass is 300 g/mol. The normalized spacial score (nSPS) is 24.2. The number of hydrogen-bond acceptors (Lipinski definition) is 4. The molecule has 2 heterocycles. The van der Waals surface area contributed by atoms with Gasteiger partial charge in [0.05, 0.1) is 18.1 Å². The van der Waals surface area contributed by atoms with Gasteiger partial charge < -0.3 is 9.73 Å². The molecular formula is C13H20N2O4S. The van der Waals surface area contributed by atoms with Crippen molar-refractivity contribution in [3.63, 3.8) is 0 Å². The second kappa shape index (κ2) is 5.57. The van der Waals surface area contributed by atoms with E-state index in [0.29, 0.717) is 18.7 Å². The lowest BCUT2D eigenvalue weighted by Crippen LogP contribution is -2.42. The van der Waals surface area contributed by atoms with Crippen molar-refractivity contribution in [2.75, 3.05) is 19.3 Å². The minimum absolute atomic E-state index is 0.112. The molecule has 0 unspecified atom stereocenters. The summed E-state index contributed by atoms with van der Waals surface area (Å²) in [6.07, 6.45) is 4.01. The Morgan fingerprint density at radius 1 is 1.45 bits per heavy atom.